The number of hydrogen-bond donors (Lipinski definition) is 2. The molecular weight excluding hydrogens is 499 g/mol. The molecule has 37 heavy (non-hydrogen) atoms. The fourth-order valence-electron chi connectivity index (χ4n) is 4.21. The molecule has 2 heterocycles. The number of Topliss-reactive ketones (excluding diaryl/α,β-unsaturated/α-hetero) is 1. The number of carbonyl (C=O) groups is 2. The van der Waals surface area contributed by atoms with Crippen LogP contribution in [0.15, 0.2) is 66.2 Å². The number of aliphatic hydroxyl groups is 1. The number of amides is 1. The van der Waals surface area contributed by atoms with Gasteiger partial charge in [-0.25, -0.2) is 9.37 Å². The summed E-state index contributed by atoms with van der Waals surface area (Å²) in [6, 6.07) is 13.8. The number of aliphatic hydroxyl groups excluding tert-OH is 1. The minimum Gasteiger partial charge on any atom is -0.507 e. The van der Waals surface area contributed by atoms with Gasteiger partial charge in [0.25, 0.3) is 5.78 Å². The summed E-state index contributed by atoms with van der Waals surface area (Å²) >= 11 is 1.05. The van der Waals surface area contributed by atoms with E-state index in [1.807, 2.05) is 0 Å². The average molecular weight is 521 g/mol. The number of rotatable bonds is 6. The van der Waals surface area contributed by atoms with Crippen LogP contribution in [0.25, 0.3) is 16.0 Å². The number of halogens is 1. The number of carbonyl (C=O) groups excluding carboxylic acids is 2. The van der Waals surface area contributed by atoms with Gasteiger partial charge in [0.2, 0.25) is 0 Å². The van der Waals surface area contributed by atoms with Crippen LogP contribution in [0.2, 0.25) is 0 Å². The van der Waals surface area contributed by atoms with E-state index < -0.39 is 23.5 Å². The van der Waals surface area contributed by atoms with Crippen molar-refractivity contribution in [1.82, 2.24) is 4.98 Å². The molecule has 1 aliphatic rings. The molecule has 1 fully saturated rings. The van der Waals surface area contributed by atoms with E-state index in [4.69, 9.17) is 9.47 Å². The average Bonchev–Trinajstić information content (AvgIpc) is 3.42. The molecule has 0 spiro atoms. The number of hydrogen-bond acceptors (Lipinski definition) is 8. The second kappa shape index (κ2) is 9.55. The van der Waals surface area contributed by atoms with Crippen molar-refractivity contribution in [2.24, 2.45) is 0 Å². The van der Waals surface area contributed by atoms with Crippen LogP contribution in [-0.2, 0) is 9.59 Å². The Kier molecular flexibility index (Phi) is 6.26. The van der Waals surface area contributed by atoms with E-state index in [9.17, 15) is 24.2 Å². The summed E-state index contributed by atoms with van der Waals surface area (Å²) in [7, 11) is 1.51. The van der Waals surface area contributed by atoms with Crippen LogP contribution < -0.4 is 14.4 Å². The molecule has 10 heteroatoms. The third kappa shape index (κ3) is 4.25. The minimum atomic E-state index is -1.09. The molecule has 5 rings (SSSR count). The van der Waals surface area contributed by atoms with Crippen molar-refractivity contribution in [3.8, 4) is 17.2 Å². The van der Waals surface area contributed by atoms with Gasteiger partial charge in [0.15, 0.2) is 16.6 Å². The van der Waals surface area contributed by atoms with Gasteiger partial charge in [-0.1, -0.05) is 17.4 Å². The number of benzene rings is 3. The van der Waals surface area contributed by atoms with Gasteiger partial charge in [-0.05, 0) is 67.1 Å². The Morgan fingerprint density at radius 2 is 1.86 bits per heavy atom. The van der Waals surface area contributed by atoms with Crippen molar-refractivity contribution in [2.75, 3.05) is 18.6 Å². The van der Waals surface area contributed by atoms with Crippen LogP contribution in [0.5, 0.6) is 17.2 Å². The molecule has 3 aromatic carbocycles. The van der Waals surface area contributed by atoms with Crippen LogP contribution in [0.3, 0.4) is 0 Å². The highest BCUT2D eigenvalue weighted by molar-refractivity contribution is 7.22. The Balaban J connectivity index is 1.73. The summed E-state index contributed by atoms with van der Waals surface area (Å²) < 4.78 is 25.0. The molecule has 1 atom stereocenters. The highest BCUT2D eigenvalue weighted by Crippen LogP contribution is 2.45. The van der Waals surface area contributed by atoms with Gasteiger partial charge in [0.1, 0.15) is 17.3 Å². The molecule has 188 valence electrons. The van der Waals surface area contributed by atoms with E-state index in [1.54, 1.807) is 31.2 Å². The van der Waals surface area contributed by atoms with Crippen molar-refractivity contribution in [3.63, 3.8) is 0 Å². The molecule has 1 unspecified atom stereocenters. The summed E-state index contributed by atoms with van der Waals surface area (Å²) in [4.78, 5) is 32.4. The first-order chi connectivity index (χ1) is 17.8. The van der Waals surface area contributed by atoms with Gasteiger partial charge in [-0.3, -0.25) is 14.5 Å². The van der Waals surface area contributed by atoms with Crippen molar-refractivity contribution in [2.45, 2.75) is 13.0 Å². The summed E-state index contributed by atoms with van der Waals surface area (Å²) in [5.74, 6) is -2.06. The van der Waals surface area contributed by atoms with Gasteiger partial charge in [-0.2, -0.15) is 0 Å². The topological polar surface area (TPSA) is 109 Å². The number of aromatic nitrogens is 1. The zero-order chi connectivity index (χ0) is 26.3. The molecule has 2 N–H and O–H groups in total. The Morgan fingerprint density at radius 3 is 2.57 bits per heavy atom. The fourth-order valence-corrected chi connectivity index (χ4v) is 5.23. The van der Waals surface area contributed by atoms with Crippen LogP contribution in [0.1, 0.15) is 24.1 Å². The SMILES string of the molecule is CCOc1cc(C2C(=C(O)c3ccc(OC)cc3)C(=O)C(=O)N2c2nc3ccc(F)cc3s2)ccc1O. The third-order valence-corrected chi connectivity index (χ3v) is 6.97. The molecule has 0 bridgehead atoms. The molecule has 1 amide bonds. The highest BCUT2D eigenvalue weighted by Gasteiger charge is 2.48. The Morgan fingerprint density at radius 1 is 1.11 bits per heavy atom. The van der Waals surface area contributed by atoms with Crippen molar-refractivity contribution in [1.29, 1.82) is 0 Å². The maximum atomic E-state index is 13.8. The molecular formula is C27H21FN2O6S. The van der Waals surface area contributed by atoms with E-state index in [0.717, 1.165) is 11.3 Å². The summed E-state index contributed by atoms with van der Waals surface area (Å²) in [5, 5.41) is 21.7. The van der Waals surface area contributed by atoms with Crippen LogP contribution in [0.4, 0.5) is 9.52 Å². The maximum absolute atomic E-state index is 13.8. The predicted octanol–water partition coefficient (Wildman–Crippen LogP) is 5.17. The maximum Gasteiger partial charge on any atom is 0.301 e. The number of phenolic OH excluding ortho intramolecular Hbond substituents is 1. The Hall–Kier alpha value is -4.44. The van der Waals surface area contributed by atoms with E-state index in [0.29, 0.717) is 27.1 Å². The lowest BCUT2D eigenvalue weighted by molar-refractivity contribution is -0.132. The molecule has 8 nitrogen and oxygen atoms in total. The second-order valence-corrected chi connectivity index (χ2v) is 9.18. The molecule has 0 saturated carbocycles. The lowest BCUT2D eigenvalue weighted by Crippen LogP contribution is -2.29. The van der Waals surface area contributed by atoms with E-state index >= 15 is 0 Å². The van der Waals surface area contributed by atoms with Gasteiger partial charge < -0.3 is 19.7 Å². The molecule has 0 radical (unpaired) electrons. The van der Waals surface area contributed by atoms with Gasteiger partial charge in [0.05, 0.1) is 35.5 Å². The smallest absolute Gasteiger partial charge is 0.301 e. The number of methoxy groups -OCH3 is 1. The quantitative estimate of drug-likeness (QED) is 0.205. The van der Waals surface area contributed by atoms with Gasteiger partial charge in [0, 0.05) is 5.56 Å². The largest absolute Gasteiger partial charge is 0.507 e. The monoisotopic (exact) mass is 520 g/mol. The van der Waals surface area contributed by atoms with E-state index in [1.165, 1.54) is 48.4 Å². The summed E-state index contributed by atoms with van der Waals surface area (Å²) in [6.45, 7) is 2.02. The number of thiazole rings is 1. The number of anilines is 1. The van der Waals surface area contributed by atoms with Crippen LogP contribution >= 0.6 is 11.3 Å². The van der Waals surface area contributed by atoms with Crippen LogP contribution in [0, 0.1) is 5.82 Å². The number of nitrogens with zero attached hydrogens (tertiary/aromatic N) is 2. The lowest BCUT2D eigenvalue weighted by Gasteiger charge is -2.23. The predicted molar refractivity (Wildman–Crippen MR) is 137 cm³/mol. The van der Waals surface area contributed by atoms with Gasteiger partial charge in [-0.15, -0.1) is 0 Å². The minimum absolute atomic E-state index is 0.117. The zero-order valence-electron chi connectivity index (χ0n) is 19.8. The molecule has 0 aliphatic carbocycles. The second-order valence-electron chi connectivity index (χ2n) is 8.17. The standard InChI is InChI=1S/C27H21FN2O6S/c1-3-36-20-12-15(6-11-19(20)31)23-22(24(32)14-4-8-17(35-2)9-5-14)25(33)26(34)30(23)27-29-18-10-7-16(28)13-21(18)37-27/h4-13,23,31-32H,3H2,1-2H3. The number of aromatic hydroxyl groups is 1. The van der Waals surface area contributed by atoms with Crippen molar-refractivity contribution in [3.05, 3.63) is 83.2 Å². The first-order valence-electron chi connectivity index (χ1n) is 11.3. The van der Waals surface area contributed by atoms with Crippen molar-refractivity contribution < 1.29 is 33.7 Å². The van der Waals surface area contributed by atoms with Crippen LogP contribution in [-0.4, -0.2) is 40.6 Å². The first kappa shape index (κ1) is 24.3. The molecule has 1 aromatic heterocycles. The zero-order valence-corrected chi connectivity index (χ0v) is 20.6. The molecule has 1 saturated heterocycles. The third-order valence-electron chi connectivity index (χ3n) is 5.95. The fraction of sp³-hybridized carbons (Fsp3) is 0.148. The van der Waals surface area contributed by atoms with Gasteiger partial charge >= 0.3 is 5.91 Å². The van der Waals surface area contributed by atoms with E-state index in [2.05, 4.69) is 4.98 Å². The molecule has 4 aromatic rings. The van der Waals surface area contributed by atoms with E-state index in [-0.39, 0.29) is 34.6 Å². The Labute approximate surface area is 214 Å². The Bertz CT molecular complexity index is 1560. The lowest BCUT2D eigenvalue weighted by atomic mass is 9.95. The number of fused-ring (bicyclic) bond motifs is 1. The number of ketones is 1. The summed E-state index contributed by atoms with van der Waals surface area (Å²) in [6.07, 6.45) is 0. The van der Waals surface area contributed by atoms with Crippen molar-refractivity contribution >= 4 is 44.1 Å². The highest BCUT2D eigenvalue weighted by atomic mass is 32.1. The molecule has 1 aliphatic heterocycles. The summed E-state index contributed by atoms with van der Waals surface area (Å²) in [5.41, 5.74) is 1.01. The number of phenols is 1. The first-order valence-corrected chi connectivity index (χ1v) is 12.1. The normalized spacial score (nSPS) is 16.9. The number of ether oxygens (including phenoxy) is 2.